The maximum absolute atomic E-state index is 3.59. The molecule has 208 valence electrons. The Kier molecular flexibility index (Phi) is 2.64. The molecule has 8 nitrogen and oxygen atoms in total. The predicted octanol–water partition coefficient (Wildman–Crippen LogP) is 4.82. The largest absolute Gasteiger partial charge is 0.553 e. The normalized spacial score (nSPS) is 19.6. The van der Waals surface area contributed by atoms with Gasteiger partial charge in [-0.15, -0.1) is 9.13 Å². The molecule has 1 spiro atoms. The molecule has 0 saturated heterocycles. The first-order valence-corrected chi connectivity index (χ1v) is 16.0. The van der Waals surface area contributed by atoms with Crippen molar-refractivity contribution in [2.75, 3.05) is 0 Å². The molecule has 0 amide bonds. The molecule has 5 aliphatic heterocycles. The number of rotatable bonds is 0. The van der Waals surface area contributed by atoms with Crippen LogP contribution < -0.4 is 18.3 Å². The Morgan fingerprint density at radius 3 is 2.07 bits per heavy atom. The Hall–Kier alpha value is -6.28. The minimum atomic E-state index is -0.691. The summed E-state index contributed by atoms with van der Waals surface area (Å²) < 4.78 is 18.0. The van der Waals surface area contributed by atoms with Gasteiger partial charge in [0.1, 0.15) is 0 Å². The minimum absolute atomic E-state index is 0.00609. The van der Waals surface area contributed by atoms with E-state index in [0.717, 1.165) is 5.52 Å². The van der Waals surface area contributed by atoms with Crippen molar-refractivity contribution < 1.29 is 18.3 Å². The van der Waals surface area contributed by atoms with Crippen LogP contribution in [0.2, 0.25) is 0 Å². The van der Waals surface area contributed by atoms with E-state index >= 15 is 0 Å². The van der Waals surface area contributed by atoms with E-state index in [1.807, 2.05) is 0 Å². The highest BCUT2D eigenvalue weighted by Crippen LogP contribution is 2.50. The summed E-state index contributed by atoms with van der Waals surface area (Å²) in [6.45, 7) is 0. The lowest BCUT2D eigenvalue weighted by molar-refractivity contribution is -0.964. The molecule has 0 saturated carbocycles. The van der Waals surface area contributed by atoms with E-state index in [1.54, 1.807) is 0 Å². The molecular formula is C38H20N8+4. The minimum Gasteiger partial charge on any atom is -0.359 e. The number of H-pyrrole nitrogens is 1. The molecule has 0 radical (unpaired) electrons. The second kappa shape index (κ2) is 5.89. The standard InChI is InChI=1S/C38H19N8/c1-2-19-3-4-20-7-10-27-25-18-43-36-24(17-41(35(25)36)37-40(14-1)30(19)31(20)44(27)37)29-12-9-22-6-5-21-8-11-28-23-16-39-26-13-15-42(34(23)26)38(43)45(28)32(21)33(22)46(29)38/h1-18,37H/q+3/p+1. The van der Waals surface area contributed by atoms with E-state index in [-0.39, 0.29) is 6.29 Å². The van der Waals surface area contributed by atoms with Gasteiger partial charge in [0.15, 0.2) is 6.20 Å². The van der Waals surface area contributed by atoms with Crippen molar-refractivity contribution in [1.82, 2.24) is 18.7 Å². The number of aromatic amines is 1. The number of hydrogen-bond donors (Lipinski definition) is 1. The zero-order valence-electron chi connectivity index (χ0n) is 24.1. The van der Waals surface area contributed by atoms with Crippen LogP contribution in [0.1, 0.15) is 6.29 Å². The molecule has 15 rings (SSSR count). The quantitative estimate of drug-likeness (QED) is 0.195. The van der Waals surface area contributed by atoms with E-state index < -0.39 is 5.91 Å². The van der Waals surface area contributed by atoms with Crippen LogP contribution in [0.3, 0.4) is 0 Å². The lowest BCUT2D eigenvalue weighted by atomic mass is 10.1. The SMILES string of the molecule is c1cc2ccc3ccc4[n+]5c3c2[n+](c1)C5n1cc2c3c1c-4cn3C13n4ccc5[nH]cc(c54)-c4ccc5ccc6ccc-2[n+]1c6c5[n+]43. The summed E-state index contributed by atoms with van der Waals surface area (Å²) in [5.74, 6) is -0.691. The highest BCUT2D eigenvalue weighted by atomic mass is 15.6. The van der Waals surface area contributed by atoms with Gasteiger partial charge in [-0.05, 0) is 54.6 Å². The first-order valence-electron chi connectivity index (χ1n) is 16.0. The summed E-state index contributed by atoms with van der Waals surface area (Å²) in [5, 5.41) is 5.07. The highest BCUT2D eigenvalue weighted by molar-refractivity contribution is 6.07. The van der Waals surface area contributed by atoms with E-state index in [4.69, 9.17) is 0 Å². The lowest BCUT2D eigenvalue weighted by Gasteiger charge is -2.30. The first kappa shape index (κ1) is 20.6. The third-order valence-electron chi connectivity index (χ3n) is 12.0. The van der Waals surface area contributed by atoms with Gasteiger partial charge in [0.05, 0.1) is 60.3 Å². The van der Waals surface area contributed by atoms with Crippen LogP contribution in [0.25, 0.3) is 99.5 Å². The van der Waals surface area contributed by atoms with Gasteiger partial charge in [0.2, 0.25) is 17.1 Å². The Morgan fingerprint density at radius 2 is 1.26 bits per heavy atom. The van der Waals surface area contributed by atoms with Gasteiger partial charge < -0.3 is 4.98 Å². The van der Waals surface area contributed by atoms with E-state index in [2.05, 4.69) is 147 Å². The fourth-order valence-electron chi connectivity index (χ4n) is 10.5. The van der Waals surface area contributed by atoms with Crippen LogP contribution in [-0.2, 0) is 5.91 Å². The van der Waals surface area contributed by atoms with Gasteiger partial charge in [-0.3, -0.25) is 0 Å². The molecular weight excluding hydrogens is 568 g/mol. The van der Waals surface area contributed by atoms with E-state index in [1.165, 1.54) is 93.9 Å². The molecule has 8 heteroatoms. The molecule has 1 N–H and O–H groups in total. The molecule has 0 aliphatic carbocycles. The average Bonchev–Trinajstić information content (AvgIpc) is 3.93. The van der Waals surface area contributed by atoms with Gasteiger partial charge in [0.25, 0.3) is 22.1 Å². The number of nitrogens with one attached hydrogen (secondary N) is 1. The lowest BCUT2D eigenvalue weighted by Crippen LogP contribution is -2.80. The Morgan fingerprint density at radius 1 is 0.587 bits per heavy atom. The Labute approximate surface area is 258 Å². The van der Waals surface area contributed by atoms with Crippen molar-refractivity contribution in [3.8, 4) is 33.8 Å². The van der Waals surface area contributed by atoms with Crippen LogP contribution in [0, 0.1) is 0 Å². The maximum atomic E-state index is 3.59. The van der Waals surface area contributed by atoms with Crippen LogP contribution in [0.5, 0.6) is 0 Å². The average molecular weight is 589 g/mol. The molecule has 46 heavy (non-hydrogen) atoms. The summed E-state index contributed by atoms with van der Waals surface area (Å²) in [5.41, 5.74) is 17.7. The summed E-state index contributed by atoms with van der Waals surface area (Å²) in [4.78, 5) is 3.59. The zero-order chi connectivity index (χ0) is 28.9. The molecule has 0 bridgehead atoms. The topological polar surface area (TPSA) is 46.1 Å². The third kappa shape index (κ3) is 1.67. The highest BCUT2D eigenvalue weighted by Gasteiger charge is 2.70. The first-order chi connectivity index (χ1) is 22.8. The van der Waals surface area contributed by atoms with Crippen molar-refractivity contribution in [2.24, 2.45) is 0 Å². The fourth-order valence-corrected chi connectivity index (χ4v) is 10.5. The number of pyridine rings is 4. The van der Waals surface area contributed by atoms with Crippen molar-refractivity contribution in [1.29, 1.82) is 0 Å². The number of hydrogen-bond acceptors (Lipinski definition) is 0. The molecule has 2 atom stereocenters. The maximum Gasteiger partial charge on any atom is 0.553 e. The molecule has 8 aromatic heterocycles. The summed E-state index contributed by atoms with van der Waals surface area (Å²) >= 11 is 0. The molecule has 10 aromatic rings. The van der Waals surface area contributed by atoms with E-state index in [0.29, 0.717) is 0 Å². The molecule has 2 aromatic carbocycles. The summed E-state index contributed by atoms with van der Waals surface area (Å²) in [6, 6.07) is 29.8. The second-order valence-electron chi connectivity index (χ2n) is 13.7. The van der Waals surface area contributed by atoms with Crippen LogP contribution in [0.4, 0.5) is 0 Å². The molecule has 13 heterocycles. The van der Waals surface area contributed by atoms with E-state index in [9.17, 15) is 0 Å². The predicted molar refractivity (Wildman–Crippen MR) is 171 cm³/mol. The van der Waals surface area contributed by atoms with Crippen LogP contribution >= 0.6 is 0 Å². The molecule has 0 fully saturated rings. The van der Waals surface area contributed by atoms with Crippen LogP contribution in [0.15, 0.2) is 110 Å². The third-order valence-corrected chi connectivity index (χ3v) is 12.0. The van der Waals surface area contributed by atoms with Crippen molar-refractivity contribution in [3.05, 3.63) is 110 Å². The number of benzene rings is 2. The van der Waals surface area contributed by atoms with Crippen molar-refractivity contribution in [2.45, 2.75) is 12.2 Å². The summed E-state index contributed by atoms with van der Waals surface area (Å²) in [6.07, 6.45) is 11.6. The summed E-state index contributed by atoms with van der Waals surface area (Å²) in [7, 11) is 0. The number of fused-ring (bicyclic) bond motifs is 5. The van der Waals surface area contributed by atoms with Gasteiger partial charge in [0, 0.05) is 49.1 Å². The zero-order valence-corrected chi connectivity index (χ0v) is 24.1. The Balaban J connectivity index is 1.22. The molecule has 5 aliphatic rings. The van der Waals surface area contributed by atoms with Gasteiger partial charge in [-0.25, -0.2) is 13.7 Å². The fraction of sp³-hybridized carbons (Fsp3) is 0.0526. The monoisotopic (exact) mass is 588 g/mol. The van der Waals surface area contributed by atoms with Gasteiger partial charge >= 0.3 is 12.2 Å². The van der Waals surface area contributed by atoms with Gasteiger partial charge in [-0.2, -0.15) is 0 Å². The van der Waals surface area contributed by atoms with Crippen molar-refractivity contribution in [3.63, 3.8) is 0 Å². The van der Waals surface area contributed by atoms with Crippen molar-refractivity contribution >= 4 is 65.7 Å². The Bertz CT molecular complexity index is 3270. The smallest absolute Gasteiger partial charge is 0.359 e. The molecule has 2 unspecified atom stereocenters. The van der Waals surface area contributed by atoms with Crippen LogP contribution in [-0.4, -0.2) is 18.7 Å². The van der Waals surface area contributed by atoms with Gasteiger partial charge in [-0.1, -0.05) is 9.13 Å². The number of aromatic nitrogens is 8. The second-order valence-corrected chi connectivity index (χ2v) is 13.7. The number of nitrogens with zero attached hydrogens (tertiary/aromatic N) is 7.